The molecule has 1 aliphatic rings. The molecular formula is C16H17NO4. The van der Waals surface area contributed by atoms with E-state index in [2.05, 4.69) is 0 Å². The summed E-state index contributed by atoms with van der Waals surface area (Å²) in [6.07, 6.45) is 0. The zero-order chi connectivity index (χ0) is 15.0. The maximum atomic E-state index is 12.2. The molecule has 0 aliphatic carbocycles. The molecule has 0 radical (unpaired) electrons. The second-order valence-corrected chi connectivity index (χ2v) is 5.07. The molecule has 0 amide bonds. The lowest BCUT2D eigenvalue weighted by atomic mass is 10.1. The Morgan fingerprint density at radius 3 is 2.71 bits per heavy atom. The number of ether oxygens (including phenoxy) is 3. The molecule has 2 heterocycles. The Labute approximate surface area is 123 Å². The molecule has 110 valence electrons. The van der Waals surface area contributed by atoms with Crippen molar-refractivity contribution in [3.8, 4) is 17.2 Å². The van der Waals surface area contributed by atoms with Crippen LogP contribution in [0.15, 0.2) is 24.3 Å². The topological polar surface area (TPSA) is 49.7 Å². The van der Waals surface area contributed by atoms with E-state index < -0.39 is 0 Å². The number of benzene rings is 1. The SMILES string of the molecule is Cc1cc(C(=O)COc2ccc3c(c2)OCO3)c(C)n1C. The Bertz CT molecular complexity index is 703. The van der Waals surface area contributed by atoms with Crippen molar-refractivity contribution in [1.82, 2.24) is 4.57 Å². The Morgan fingerprint density at radius 1 is 1.24 bits per heavy atom. The van der Waals surface area contributed by atoms with Gasteiger partial charge < -0.3 is 18.8 Å². The third kappa shape index (κ3) is 2.46. The fraction of sp³-hybridized carbons (Fsp3) is 0.312. The number of carbonyl (C=O) groups excluding carboxylic acids is 1. The van der Waals surface area contributed by atoms with Crippen molar-refractivity contribution in [2.24, 2.45) is 7.05 Å². The van der Waals surface area contributed by atoms with E-state index in [1.54, 1.807) is 18.2 Å². The lowest BCUT2D eigenvalue weighted by molar-refractivity contribution is 0.0920. The monoisotopic (exact) mass is 287 g/mol. The summed E-state index contributed by atoms with van der Waals surface area (Å²) in [4.78, 5) is 12.2. The highest BCUT2D eigenvalue weighted by molar-refractivity contribution is 5.98. The average molecular weight is 287 g/mol. The maximum Gasteiger partial charge on any atom is 0.231 e. The molecule has 1 aromatic carbocycles. The molecule has 0 spiro atoms. The molecule has 1 aromatic heterocycles. The van der Waals surface area contributed by atoms with Gasteiger partial charge in [-0.05, 0) is 32.0 Å². The van der Waals surface area contributed by atoms with Crippen LogP contribution in [0.25, 0.3) is 0 Å². The Morgan fingerprint density at radius 2 is 2.00 bits per heavy atom. The van der Waals surface area contributed by atoms with Gasteiger partial charge in [0.25, 0.3) is 0 Å². The first kappa shape index (κ1) is 13.5. The molecule has 0 fully saturated rings. The van der Waals surface area contributed by atoms with Crippen LogP contribution in [0.4, 0.5) is 0 Å². The number of Topliss-reactive ketones (excluding diaryl/α,β-unsaturated/α-hetero) is 1. The van der Waals surface area contributed by atoms with Crippen LogP contribution in [0.3, 0.4) is 0 Å². The van der Waals surface area contributed by atoms with Crippen LogP contribution in [0.1, 0.15) is 21.7 Å². The van der Waals surface area contributed by atoms with Crippen molar-refractivity contribution in [3.63, 3.8) is 0 Å². The van der Waals surface area contributed by atoms with Crippen LogP contribution in [0, 0.1) is 13.8 Å². The van der Waals surface area contributed by atoms with E-state index in [0.717, 1.165) is 11.4 Å². The zero-order valence-electron chi connectivity index (χ0n) is 12.3. The van der Waals surface area contributed by atoms with Crippen molar-refractivity contribution in [2.75, 3.05) is 13.4 Å². The van der Waals surface area contributed by atoms with Gasteiger partial charge in [0.15, 0.2) is 18.1 Å². The quantitative estimate of drug-likeness (QED) is 0.811. The molecule has 5 nitrogen and oxygen atoms in total. The number of carbonyl (C=O) groups is 1. The molecule has 0 atom stereocenters. The van der Waals surface area contributed by atoms with Gasteiger partial charge in [-0.3, -0.25) is 4.79 Å². The highest BCUT2D eigenvalue weighted by Crippen LogP contribution is 2.35. The van der Waals surface area contributed by atoms with Crippen LogP contribution in [-0.2, 0) is 7.05 Å². The highest BCUT2D eigenvalue weighted by atomic mass is 16.7. The molecule has 0 saturated heterocycles. The van der Waals surface area contributed by atoms with E-state index in [0.29, 0.717) is 22.8 Å². The van der Waals surface area contributed by atoms with Crippen molar-refractivity contribution < 1.29 is 19.0 Å². The van der Waals surface area contributed by atoms with E-state index >= 15 is 0 Å². The van der Waals surface area contributed by atoms with Crippen LogP contribution < -0.4 is 14.2 Å². The molecular weight excluding hydrogens is 270 g/mol. The molecule has 5 heteroatoms. The first-order valence-electron chi connectivity index (χ1n) is 6.75. The number of aryl methyl sites for hydroxylation is 1. The maximum absolute atomic E-state index is 12.2. The highest BCUT2D eigenvalue weighted by Gasteiger charge is 2.16. The molecule has 21 heavy (non-hydrogen) atoms. The van der Waals surface area contributed by atoms with Gasteiger partial charge in [-0.15, -0.1) is 0 Å². The van der Waals surface area contributed by atoms with E-state index in [4.69, 9.17) is 14.2 Å². The first-order valence-corrected chi connectivity index (χ1v) is 6.75. The zero-order valence-corrected chi connectivity index (χ0v) is 12.3. The average Bonchev–Trinajstić information content (AvgIpc) is 3.04. The van der Waals surface area contributed by atoms with Gasteiger partial charge in [0.2, 0.25) is 12.6 Å². The van der Waals surface area contributed by atoms with E-state index in [9.17, 15) is 4.79 Å². The smallest absolute Gasteiger partial charge is 0.231 e. The van der Waals surface area contributed by atoms with Crippen molar-refractivity contribution in [1.29, 1.82) is 0 Å². The minimum absolute atomic E-state index is 0.00391. The molecule has 0 bridgehead atoms. The summed E-state index contributed by atoms with van der Waals surface area (Å²) in [6.45, 7) is 4.13. The standard InChI is InChI=1S/C16H17NO4/c1-10-6-13(11(2)17(10)3)14(18)8-19-12-4-5-15-16(7-12)21-9-20-15/h4-7H,8-9H2,1-3H3. The van der Waals surface area contributed by atoms with Crippen LogP contribution >= 0.6 is 0 Å². The van der Waals surface area contributed by atoms with Gasteiger partial charge in [0, 0.05) is 30.1 Å². The molecule has 0 unspecified atom stereocenters. The van der Waals surface area contributed by atoms with E-state index in [1.165, 1.54) is 0 Å². The molecule has 0 saturated carbocycles. The van der Waals surface area contributed by atoms with Gasteiger partial charge in [0.05, 0.1) is 0 Å². The van der Waals surface area contributed by atoms with Crippen LogP contribution in [0.5, 0.6) is 17.2 Å². The fourth-order valence-corrected chi connectivity index (χ4v) is 2.33. The first-order chi connectivity index (χ1) is 10.1. The second kappa shape index (κ2) is 5.16. The summed E-state index contributed by atoms with van der Waals surface area (Å²) in [7, 11) is 1.94. The van der Waals surface area contributed by atoms with Gasteiger partial charge in [-0.2, -0.15) is 0 Å². The minimum atomic E-state index is -0.0335. The number of nitrogens with zero attached hydrogens (tertiary/aromatic N) is 1. The van der Waals surface area contributed by atoms with Crippen LogP contribution in [0.2, 0.25) is 0 Å². The summed E-state index contributed by atoms with van der Waals surface area (Å²) in [6, 6.07) is 7.17. The Kier molecular flexibility index (Phi) is 3.33. The summed E-state index contributed by atoms with van der Waals surface area (Å²) in [5.41, 5.74) is 2.71. The van der Waals surface area contributed by atoms with Gasteiger partial charge in [0.1, 0.15) is 5.75 Å². The molecule has 2 aromatic rings. The van der Waals surface area contributed by atoms with Crippen LogP contribution in [-0.4, -0.2) is 23.8 Å². The molecule has 3 rings (SSSR count). The summed E-state index contributed by atoms with van der Waals surface area (Å²) in [5.74, 6) is 1.90. The molecule has 1 aliphatic heterocycles. The third-order valence-corrected chi connectivity index (χ3v) is 3.79. The van der Waals surface area contributed by atoms with E-state index in [1.807, 2.05) is 31.5 Å². The number of ketones is 1. The number of hydrogen-bond donors (Lipinski definition) is 0. The summed E-state index contributed by atoms with van der Waals surface area (Å²) < 4.78 is 18.1. The predicted molar refractivity (Wildman–Crippen MR) is 77.3 cm³/mol. The second-order valence-electron chi connectivity index (χ2n) is 5.07. The van der Waals surface area contributed by atoms with Gasteiger partial charge in [-0.1, -0.05) is 0 Å². The Balaban J connectivity index is 1.70. The van der Waals surface area contributed by atoms with Crippen molar-refractivity contribution >= 4 is 5.78 Å². The number of hydrogen-bond acceptors (Lipinski definition) is 4. The van der Waals surface area contributed by atoms with Crippen molar-refractivity contribution in [2.45, 2.75) is 13.8 Å². The lowest BCUT2D eigenvalue weighted by Gasteiger charge is -2.06. The van der Waals surface area contributed by atoms with E-state index in [-0.39, 0.29) is 19.2 Å². The molecule has 0 N–H and O–H groups in total. The third-order valence-electron chi connectivity index (χ3n) is 3.79. The summed E-state index contributed by atoms with van der Waals surface area (Å²) >= 11 is 0. The van der Waals surface area contributed by atoms with Gasteiger partial charge in [-0.25, -0.2) is 0 Å². The Hall–Kier alpha value is -2.43. The number of aromatic nitrogens is 1. The minimum Gasteiger partial charge on any atom is -0.485 e. The fourth-order valence-electron chi connectivity index (χ4n) is 2.33. The summed E-state index contributed by atoms with van der Waals surface area (Å²) in [5, 5.41) is 0. The number of rotatable bonds is 4. The predicted octanol–water partition coefficient (Wildman–Crippen LogP) is 2.63. The number of fused-ring (bicyclic) bond motifs is 1. The van der Waals surface area contributed by atoms with Gasteiger partial charge >= 0.3 is 0 Å². The van der Waals surface area contributed by atoms with Crippen molar-refractivity contribution in [3.05, 3.63) is 41.2 Å². The largest absolute Gasteiger partial charge is 0.485 e. The lowest BCUT2D eigenvalue weighted by Crippen LogP contribution is -2.12. The normalized spacial score (nSPS) is 12.5.